The Morgan fingerprint density at radius 2 is 1.61 bits per heavy atom. The smallest absolute Gasteiger partial charge is 0.127 e. The molecule has 0 saturated heterocycles. The molecule has 0 saturated carbocycles. The van der Waals surface area contributed by atoms with Gasteiger partial charge in [-0.2, -0.15) is 0 Å². The lowest BCUT2D eigenvalue weighted by molar-refractivity contribution is 0.414. The second-order valence-electron chi connectivity index (χ2n) is 7.68. The summed E-state index contributed by atoms with van der Waals surface area (Å²) in [6, 6.07) is 1.38. The number of rotatable bonds is 7. The molecule has 0 heterocycles. The van der Waals surface area contributed by atoms with Crippen molar-refractivity contribution in [2.45, 2.75) is 71.4 Å². The maximum Gasteiger partial charge on any atom is 0.127 e. The maximum atomic E-state index is 4.00. The van der Waals surface area contributed by atoms with Crippen molar-refractivity contribution >= 4 is 16.3 Å². The highest BCUT2D eigenvalue weighted by Crippen LogP contribution is 2.38. The zero-order valence-corrected chi connectivity index (χ0v) is 16.1. The van der Waals surface area contributed by atoms with Crippen molar-refractivity contribution in [3.8, 4) is 0 Å². The van der Waals surface area contributed by atoms with E-state index in [0.29, 0.717) is 5.04 Å². The summed E-state index contributed by atoms with van der Waals surface area (Å²) >= 11 is 0. The monoisotopic (exact) mass is 285 g/mol. The van der Waals surface area contributed by atoms with Crippen molar-refractivity contribution in [1.29, 1.82) is 0 Å². The van der Waals surface area contributed by atoms with Gasteiger partial charge in [0.2, 0.25) is 0 Å². The van der Waals surface area contributed by atoms with Gasteiger partial charge in [0.1, 0.15) is 8.24 Å². The molecular weight excluding hydrogens is 250 g/mol. The third-order valence-electron chi connectivity index (χ3n) is 4.81. The Morgan fingerprint density at radius 3 is 1.94 bits per heavy atom. The van der Waals surface area contributed by atoms with E-state index in [-0.39, 0.29) is 0 Å². The molecule has 0 aromatic heterocycles. The number of hydrogen-bond acceptors (Lipinski definition) is 1. The molecule has 0 spiro atoms. The van der Waals surface area contributed by atoms with E-state index in [1.807, 2.05) is 0 Å². The lowest BCUT2D eigenvalue weighted by Crippen LogP contribution is -2.55. The van der Waals surface area contributed by atoms with Gasteiger partial charge in [-0.15, -0.1) is 12.3 Å². The molecular formula is C15H35NSi2. The summed E-state index contributed by atoms with van der Waals surface area (Å²) in [5, 5.41) is 0.453. The van der Waals surface area contributed by atoms with Crippen LogP contribution in [0.3, 0.4) is 0 Å². The molecule has 0 aliphatic heterocycles. The van der Waals surface area contributed by atoms with Crippen LogP contribution in [0.5, 0.6) is 0 Å². The van der Waals surface area contributed by atoms with E-state index in [0.717, 1.165) is 0 Å². The molecule has 0 atom stereocenters. The van der Waals surface area contributed by atoms with Gasteiger partial charge in [0.05, 0.1) is 8.07 Å². The molecule has 0 aromatic carbocycles. The fourth-order valence-electron chi connectivity index (χ4n) is 2.13. The Kier molecular flexibility index (Phi) is 6.58. The van der Waals surface area contributed by atoms with Crippen LogP contribution >= 0.6 is 0 Å². The summed E-state index contributed by atoms with van der Waals surface area (Å²) < 4.78 is 2.78. The second-order valence-corrected chi connectivity index (χ2v) is 17.8. The Hall–Kier alpha value is 0.134. The van der Waals surface area contributed by atoms with Crippen molar-refractivity contribution < 1.29 is 0 Å². The van der Waals surface area contributed by atoms with E-state index >= 15 is 0 Å². The van der Waals surface area contributed by atoms with Crippen LogP contribution < -0.4 is 0 Å². The molecule has 0 bridgehead atoms. The van der Waals surface area contributed by atoms with E-state index < -0.39 is 16.3 Å². The zero-order valence-electron chi connectivity index (χ0n) is 14.1. The van der Waals surface area contributed by atoms with E-state index in [9.17, 15) is 0 Å². The van der Waals surface area contributed by atoms with Crippen LogP contribution in [0.1, 0.15) is 34.1 Å². The highest BCUT2D eigenvalue weighted by Gasteiger charge is 2.39. The van der Waals surface area contributed by atoms with Crippen LogP contribution in [0.25, 0.3) is 0 Å². The molecule has 0 fully saturated rings. The lowest BCUT2D eigenvalue weighted by Gasteiger charge is -2.46. The predicted molar refractivity (Wildman–Crippen MR) is 91.5 cm³/mol. The largest absolute Gasteiger partial charge is 0.324 e. The Morgan fingerprint density at radius 1 is 1.11 bits per heavy atom. The molecule has 1 nitrogen and oxygen atoms in total. The molecule has 0 rings (SSSR count). The van der Waals surface area contributed by atoms with Gasteiger partial charge in [-0.1, -0.05) is 59.9 Å². The van der Waals surface area contributed by atoms with Gasteiger partial charge >= 0.3 is 0 Å². The SMILES string of the molecule is C=C[Si](C)(C)CCCN(CC)[Si](C)(C)C(C)(C)C. The van der Waals surface area contributed by atoms with E-state index in [2.05, 4.69) is 70.7 Å². The van der Waals surface area contributed by atoms with Crippen LogP contribution in [0.15, 0.2) is 12.3 Å². The molecule has 0 aliphatic rings. The first-order valence-corrected chi connectivity index (χ1v) is 13.6. The van der Waals surface area contributed by atoms with Gasteiger partial charge in [-0.25, -0.2) is 0 Å². The highest BCUT2D eigenvalue weighted by molar-refractivity contribution is 6.82. The molecule has 0 amide bonds. The van der Waals surface area contributed by atoms with E-state index in [1.165, 1.54) is 25.6 Å². The van der Waals surface area contributed by atoms with Gasteiger partial charge in [0.15, 0.2) is 0 Å². The normalized spacial score (nSPS) is 14.1. The molecule has 0 unspecified atom stereocenters. The van der Waals surface area contributed by atoms with Gasteiger partial charge in [-0.05, 0) is 24.5 Å². The topological polar surface area (TPSA) is 3.24 Å². The van der Waals surface area contributed by atoms with Gasteiger partial charge < -0.3 is 4.57 Å². The molecule has 0 aliphatic carbocycles. The molecule has 0 aromatic rings. The number of hydrogen-bond donors (Lipinski definition) is 0. The van der Waals surface area contributed by atoms with Crippen LogP contribution in [0, 0.1) is 0 Å². The van der Waals surface area contributed by atoms with Crippen molar-refractivity contribution in [2.24, 2.45) is 0 Å². The van der Waals surface area contributed by atoms with Gasteiger partial charge in [0.25, 0.3) is 0 Å². The first kappa shape index (κ1) is 18.1. The van der Waals surface area contributed by atoms with E-state index in [1.54, 1.807) is 0 Å². The zero-order chi connectivity index (χ0) is 14.6. The summed E-state index contributed by atoms with van der Waals surface area (Å²) in [4.78, 5) is 0. The van der Waals surface area contributed by atoms with Gasteiger partial charge in [0, 0.05) is 0 Å². The highest BCUT2D eigenvalue weighted by atomic mass is 28.3. The first-order valence-electron chi connectivity index (χ1n) is 7.36. The summed E-state index contributed by atoms with van der Waals surface area (Å²) in [7, 11) is -2.43. The molecule has 0 N–H and O–H groups in total. The molecule has 18 heavy (non-hydrogen) atoms. The van der Waals surface area contributed by atoms with Crippen molar-refractivity contribution in [3.63, 3.8) is 0 Å². The standard InChI is InChI=1S/C15H35NSi2/c1-10-16(18(8,9)15(3,4)5)13-12-14-17(6,7)11-2/h11H,2,10,12-14H2,1,3-9H3. The predicted octanol–water partition coefficient (Wildman–Crippen LogP) is 5.14. The lowest BCUT2D eigenvalue weighted by atomic mass is 10.2. The van der Waals surface area contributed by atoms with Crippen LogP contribution in [0.4, 0.5) is 0 Å². The summed E-state index contributed by atoms with van der Waals surface area (Å²) in [5.74, 6) is 0. The average molecular weight is 286 g/mol. The van der Waals surface area contributed by atoms with Crippen LogP contribution in [-0.2, 0) is 0 Å². The Bertz CT molecular complexity index is 264. The summed E-state index contributed by atoms with van der Waals surface area (Å²) in [6.07, 6.45) is 1.34. The molecule has 3 heteroatoms. The molecule has 108 valence electrons. The fourth-order valence-corrected chi connectivity index (χ4v) is 5.86. The maximum absolute atomic E-state index is 4.00. The average Bonchev–Trinajstić information content (AvgIpc) is 2.22. The Balaban J connectivity index is 4.50. The van der Waals surface area contributed by atoms with Gasteiger partial charge in [-0.3, -0.25) is 0 Å². The third kappa shape index (κ3) is 5.02. The second kappa shape index (κ2) is 6.53. The number of nitrogens with zero attached hydrogens (tertiary/aromatic N) is 1. The van der Waals surface area contributed by atoms with Crippen LogP contribution in [-0.4, -0.2) is 34.0 Å². The minimum atomic E-state index is -1.32. The van der Waals surface area contributed by atoms with E-state index in [4.69, 9.17) is 0 Å². The quantitative estimate of drug-likeness (QED) is 0.586. The first-order chi connectivity index (χ1) is 7.98. The van der Waals surface area contributed by atoms with Crippen molar-refractivity contribution in [3.05, 3.63) is 12.3 Å². The van der Waals surface area contributed by atoms with Crippen LogP contribution in [0.2, 0.25) is 37.3 Å². The minimum absolute atomic E-state index is 0.453. The third-order valence-corrected chi connectivity index (χ3v) is 13.3. The van der Waals surface area contributed by atoms with Crippen molar-refractivity contribution in [2.75, 3.05) is 13.1 Å². The molecule has 0 radical (unpaired) electrons. The fraction of sp³-hybridized carbons (Fsp3) is 0.867. The Labute approximate surface area is 118 Å². The van der Waals surface area contributed by atoms with Crippen molar-refractivity contribution in [1.82, 2.24) is 4.57 Å². The minimum Gasteiger partial charge on any atom is -0.324 e. The summed E-state index contributed by atoms with van der Waals surface area (Å²) in [5.41, 5.74) is 2.23. The summed E-state index contributed by atoms with van der Waals surface area (Å²) in [6.45, 7) is 25.9.